The van der Waals surface area contributed by atoms with Crippen molar-refractivity contribution in [3.8, 4) is 0 Å². The highest BCUT2D eigenvalue weighted by molar-refractivity contribution is 6.00. The van der Waals surface area contributed by atoms with Crippen LogP contribution < -0.4 is 11.9 Å². The number of hydrogen-bond donors (Lipinski definition) is 3. The Bertz CT molecular complexity index is 1180. The average molecular weight is 599 g/mol. The quantitative estimate of drug-likeness (QED) is 0.299. The van der Waals surface area contributed by atoms with Crippen molar-refractivity contribution < 1.29 is 33.8 Å². The van der Waals surface area contributed by atoms with E-state index in [9.17, 15) is 14.4 Å². The maximum Gasteiger partial charge on any atom is 0.335 e. The molecule has 236 valence electrons. The summed E-state index contributed by atoms with van der Waals surface area (Å²) < 4.78 is 9.94. The van der Waals surface area contributed by atoms with Crippen LogP contribution in [0.25, 0.3) is 0 Å². The predicted octanol–water partition coefficient (Wildman–Crippen LogP) is 3.56. The standard InChI is InChI=1S/C15H20N2O2.C15H19NO3.C2H4O2.H3N/c1-2-19-15(18)13-8-9-17(11-14(13)16)10-12-6-4-3-5-7-12;1-2-19-15(18)13-8-9-16(11-14(13)17)10-12-6-4-3-5-7-12;1-2(3)4;/h3-7H,2,8-11,16H2,1H3;3-7,13H,2,8-11H2,1H3;1H3,(H,3,4);1H3. The first-order valence-electron chi connectivity index (χ1n) is 14.2. The summed E-state index contributed by atoms with van der Waals surface area (Å²) in [5.41, 5.74) is 9.72. The topological polar surface area (TPSA) is 174 Å². The van der Waals surface area contributed by atoms with Gasteiger partial charge in [-0.25, -0.2) is 4.79 Å². The zero-order chi connectivity index (χ0) is 30.9. The molecule has 1 unspecified atom stereocenters. The van der Waals surface area contributed by atoms with Gasteiger partial charge in [0, 0.05) is 45.3 Å². The van der Waals surface area contributed by atoms with Crippen LogP contribution in [0.3, 0.4) is 0 Å². The van der Waals surface area contributed by atoms with Gasteiger partial charge in [-0.15, -0.1) is 0 Å². The number of nitrogens with two attached hydrogens (primary N) is 1. The van der Waals surface area contributed by atoms with Crippen molar-refractivity contribution in [1.82, 2.24) is 16.0 Å². The number of carboxylic acid groups (broad SMARTS) is 1. The lowest BCUT2D eigenvalue weighted by molar-refractivity contribution is -0.154. The minimum Gasteiger partial charge on any atom is -0.481 e. The number of Topliss-reactive ketones (excluding diaryl/α,β-unsaturated/α-hetero) is 1. The molecule has 0 bridgehead atoms. The zero-order valence-electron chi connectivity index (χ0n) is 25.5. The number of carbonyl (C=O) groups excluding carboxylic acids is 3. The first-order valence-corrected chi connectivity index (χ1v) is 14.2. The molecular formula is C32H46N4O7. The van der Waals surface area contributed by atoms with E-state index in [1.54, 1.807) is 13.8 Å². The van der Waals surface area contributed by atoms with Crippen LogP contribution in [0.15, 0.2) is 71.9 Å². The summed E-state index contributed by atoms with van der Waals surface area (Å²) in [6, 6.07) is 20.3. The normalized spacial score (nSPS) is 16.8. The number of nitrogens with zero attached hydrogens (tertiary/aromatic N) is 2. The lowest BCUT2D eigenvalue weighted by Gasteiger charge is -2.29. The number of piperidine rings is 1. The third-order valence-corrected chi connectivity index (χ3v) is 6.55. The summed E-state index contributed by atoms with van der Waals surface area (Å²) in [6.07, 6.45) is 1.22. The lowest BCUT2D eigenvalue weighted by Crippen LogP contribution is -2.43. The molecule has 43 heavy (non-hydrogen) atoms. The maximum atomic E-state index is 12.0. The van der Waals surface area contributed by atoms with Gasteiger partial charge in [-0.3, -0.25) is 24.2 Å². The van der Waals surface area contributed by atoms with Crippen LogP contribution in [0.1, 0.15) is 44.7 Å². The fraction of sp³-hybridized carbons (Fsp3) is 0.438. The van der Waals surface area contributed by atoms with Crippen molar-refractivity contribution in [3.05, 3.63) is 83.1 Å². The van der Waals surface area contributed by atoms with Gasteiger partial charge in [-0.2, -0.15) is 0 Å². The summed E-state index contributed by atoms with van der Waals surface area (Å²) in [4.78, 5) is 48.6. The van der Waals surface area contributed by atoms with Crippen LogP contribution in [0.4, 0.5) is 0 Å². The van der Waals surface area contributed by atoms with E-state index in [4.69, 9.17) is 25.1 Å². The molecule has 0 aromatic heterocycles. The number of likely N-dealkylation sites (tertiary alicyclic amines) is 1. The van der Waals surface area contributed by atoms with Gasteiger partial charge in [0.1, 0.15) is 5.92 Å². The molecule has 1 fully saturated rings. The first kappa shape index (κ1) is 37.0. The Morgan fingerprint density at radius 1 is 0.860 bits per heavy atom. The molecule has 2 aromatic carbocycles. The molecule has 1 atom stereocenters. The summed E-state index contributed by atoms with van der Waals surface area (Å²) in [6.45, 7) is 9.53. The molecule has 6 N–H and O–H groups in total. The van der Waals surface area contributed by atoms with Gasteiger partial charge < -0.3 is 26.5 Å². The van der Waals surface area contributed by atoms with Crippen LogP contribution in [0, 0.1) is 5.92 Å². The summed E-state index contributed by atoms with van der Waals surface area (Å²) in [5.74, 6) is -2.06. The average Bonchev–Trinajstić information content (AvgIpc) is 2.95. The SMILES string of the molecule is CC(=O)O.CCOC(=O)C1=C(N)CN(Cc2ccccc2)CC1.CCOC(=O)C1CCN(Cc2ccccc2)CC1=O.N. The summed E-state index contributed by atoms with van der Waals surface area (Å²) >= 11 is 0. The minimum absolute atomic E-state index is 0. The highest BCUT2D eigenvalue weighted by Gasteiger charge is 2.33. The number of carboxylic acids is 1. The Labute approximate surface area is 254 Å². The van der Waals surface area contributed by atoms with E-state index in [-0.39, 0.29) is 23.9 Å². The van der Waals surface area contributed by atoms with Crippen LogP contribution >= 0.6 is 0 Å². The Balaban J connectivity index is 0.000000375. The summed E-state index contributed by atoms with van der Waals surface area (Å²) in [5, 5.41) is 7.42. The highest BCUT2D eigenvalue weighted by Crippen LogP contribution is 2.19. The van der Waals surface area contributed by atoms with E-state index < -0.39 is 11.9 Å². The zero-order valence-corrected chi connectivity index (χ0v) is 25.5. The second-order valence-electron chi connectivity index (χ2n) is 9.95. The molecule has 2 aliphatic heterocycles. The number of ether oxygens (including phenoxy) is 2. The molecule has 11 heteroatoms. The number of hydrogen-bond acceptors (Lipinski definition) is 10. The van der Waals surface area contributed by atoms with Crippen molar-refractivity contribution in [2.24, 2.45) is 11.7 Å². The predicted molar refractivity (Wildman–Crippen MR) is 164 cm³/mol. The molecule has 0 saturated carbocycles. The number of aliphatic carboxylic acids is 1. The number of rotatable bonds is 8. The second kappa shape index (κ2) is 20.0. The van der Waals surface area contributed by atoms with Crippen LogP contribution in [0.5, 0.6) is 0 Å². The first-order chi connectivity index (χ1) is 20.1. The molecule has 0 radical (unpaired) electrons. The van der Waals surface area contributed by atoms with Gasteiger partial charge in [0.15, 0.2) is 5.78 Å². The second-order valence-corrected chi connectivity index (χ2v) is 9.95. The van der Waals surface area contributed by atoms with Gasteiger partial charge >= 0.3 is 11.9 Å². The van der Waals surface area contributed by atoms with E-state index >= 15 is 0 Å². The van der Waals surface area contributed by atoms with Crippen molar-refractivity contribution in [2.45, 2.75) is 46.7 Å². The fourth-order valence-electron chi connectivity index (χ4n) is 4.62. The van der Waals surface area contributed by atoms with Gasteiger partial charge in [-0.1, -0.05) is 60.7 Å². The van der Waals surface area contributed by atoms with Crippen molar-refractivity contribution >= 4 is 23.7 Å². The highest BCUT2D eigenvalue weighted by atomic mass is 16.5. The smallest absolute Gasteiger partial charge is 0.335 e. The molecule has 11 nitrogen and oxygen atoms in total. The molecular weight excluding hydrogens is 552 g/mol. The Morgan fingerprint density at radius 2 is 1.35 bits per heavy atom. The van der Waals surface area contributed by atoms with Crippen molar-refractivity contribution in [3.63, 3.8) is 0 Å². The van der Waals surface area contributed by atoms with E-state index in [1.165, 1.54) is 11.1 Å². The molecule has 0 amide bonds. The lowest BCUT2D eigenvalue weighted by atomic mass is 9.95. The van der Waals surface area contributed by atoms with E-state index in [1.807, 2.05) is 48.5 Å². The van der Waals surface area contributed by atoms with Crippen LogP contribution in [-0.2, 0) is 41.7 Å². The fourth-order valence-corrected chi connectivity index (χ4v) is 4.62. The molecule has 2 aromatic rings. The van der Waals surface area contributed by atoms with Gasteiger partial charge in [0.2, 0.25) is 0 Å². The van der Waals surface area contributed by atoms with Crippen LogP contribution in [-0.4, -0.2) is 78.0 Å². The molecule has 0 aliphatic carbocycles. The van der Waals surface area contributed by atoms with Crippen molar-refractivity contribution in [2.75, 3.05) is 39.4 Å². The third-order valence-electron chi connectivity index (χ3n) is 6.55. The number of esters is 2. The van der Waals surface area contributed by atoms with E-state index in [0.717, 1.165) is 33.1 Å². The molecule has 2 heterocycles. The molecule has 0 spiro atoms. The molecule has 2 aliphatic rings. The Morgan fingerprint density at radius 3 is 1.79 bits per heavy atom. The summed E-state index contributed by atoms with van der Waals surface area (Å²) in [7, 11) is 0. The number of carbonyl (C=O) groups is 4. The maximum absolute atomic E-state index is 12.0. The van der Waals surface area contributed by atoms with Crippen LogP contribution in [0.2, 0.25) is 0 Å². The van der Waals surface area contributed by atoms with E-state index in [0.29, 0.717) is 50.4 Å². The van der Waals surface area contributed by atoms with Gasteiger partial charge in [-0.05, 0) is 37.8 Å². The number of benzene rings is 2. The Hall–Kier alpha value is -4.06. The van der Waals surface area contributed by atoms with Gasteiger partial charge in [0.25, 0.3) is 5.97 Å². The third kappa shape index (κ3) is 13.6. The minimum atomic E-state index is -0.833. The number of ketones is 1. The molecule has 1 saturated heterocycles. The monoisotopic (exact) mass is 598 g/mol. The Kier molecular flexibility index (Phi) is 17.2. The van der Waals surface area contributed by atoms with Crippen molar-refractivity contribution in [1.29, 1.82) is 0 Å². The molecule has 4 rings (SSSR count). The van der Waals surface area contributed by atoms with E-state index in [2.05, 4.69) is 21.9 Å². The largest absolute Gasteiger partial charge is 0.481 e. The van der Waals surface area contributed by atoms with Gasteiger partial charge in [0.05, 0.1) is 25.3 Å².